The minimum Gasteiger partial charge on any atom is -0.496 e. The quantitative estimate of drug-likeness (QED) is 0.604. The van der Waals surface area contributed by atoms with Crippen LogP contribution in [0.5, 0.6) is 11.5 Å². The van der Waals surface area contributed by atoms with Gasteiger partial charge in [-0.05, 0) is 41.0 Å². The van der Waals surface area contributed by atoms with E-state index < -0.39 is 5.97 Å². The molecule has 0 radical (unpaired) electrons. The van der Waals surface area contributed by atoms with E-state index in [1.54, 1.807) is 6.07 Å². The Morgan fingerprint density at radius 2 is 1.54 bits per heavy atom. The molecule has 4 nitrogen and oxygen atoms in total. The highest BCUT2D eigenvalue weighted by atomic mass is 16.5. The van der Waals surface area contributed by atoms with Gasteiger partial charge >= 0.3 is 5.97 Å². The molecule has 3 rings (SSSR count). The molecule has 3 aromatic carbocycles. The summed E-state index contributed by atoms with van der Waals surface area (Å²) in [6, 6.07) is 23.3. The molecule has 0 aromatic heterocycles. The number of ether oxygens (including phenoxy) is 3. The molecule has 0 saturated carbocycles. The van der Waals surface area contributed by atoms with Gasteiger partial charge in [-0.15, -0.1) is 0 Å². The lowest BCUT2D eigenvalue weighted by atomic mass is 10.0. The molecule has 0 heterocycles. The molecule has 0 spiro atoms. The molecule has 0 aliphatic carbocycles. The molecule has 0 fully saturated rings. The molecule has 0 saturated heterocycles. The van der Waals surface area contributed by atoms with E-state index in [-0.39, 0.29) is 0 Å². The van der Waals surface area contributed by atoms with E-state index in [4.69, 9.17) is 14.2 Å². The molecule has 0 aliphatic rings. The fourth-order valence-corrected chi connectivity index (χ4v) is 2.63. The lowest BCUT2D eigenvalue weighted by Gasteiger charge is -2.10. The van der Waals surface area contributed by atoms with Crippen LogP contribution in [-0.2, 0) is 11.3 Å². The number of hydrogen-bond acceptors (Lipinski definition) is 4. The van der Waals surface area contributed by atoms with E-state index in [1.807, 2.05) is 66.7 Å². The maximum Gasteiger partial charge on any atom is 0.341 e. The summed E-state index contributed by atoms with van der Waals surface area (Å²) in [6.45, 7) is 0.530. The first-order valence-corrected chi connectivity index (χ1v) is 8.25. The van der Waals surface area contributed by atoms with Gasteiger partial charge in [0.15, 0.2) is 0 Å². The fourth-order valence-electron chi connectivity index (χ4n) is 2.63. The highest BCUT2D eigenvalue weighted by Gasteiger charge is 2.13. The summed E-state index contributed by atoms with van der Waals surface area (Å²) in [5.74, 6) is 0.868. The van der Waals surface area contributed by atoms with Crippen molar-refractivity contribution < 1.29 is 19.0 Å². The summed E-state index contributed by atoms with van der Waals surface area (Å²) in [4.78, 5) is 11.8. The zero-order valence-electron chi connectivity index (χ0n) is 14.8. The van der Waals surface area contributed by atoms with Crippen molar-refractivity contribution in [2.24, 2.45) is 0 Å². The monoisotopic (exact) mass is 348 g/mol. The van der Waals surface area contributed by atoms with Gasteiger partial charge in [0.1, 0.15) is 23.7 Å². The van der Waals surface area contributed by atoms with Crippen LogP contribution in [0, 0.1) is 0 Å². The van der Waals surface area contributed by atoms with Crippen LogP contribution in [0.2, 0.25) is 0 Å². The van der Waals surface area contributed by atoms with E-state index in [1.165, 1.54) is 14.2 Å². The lowest BCUT2D eigenvalue weighted by molar-refractivity contribution is 0.0597. The number of methoxy groups -OCH3 is 2. The van der Waals surface area contributed by atoms with Crippen molar-refractivity contribution in [2.75, 3.05) is 14.2 Å². The number of carbonyl (C=O) groups is 1. The number of esters is 1. The Hall–Kier alpha value is -3.27. The second-order valence-corrected chi connectivity index (χ2v) is 5.71. The predicted molar refractivity (Wildman–Crippen MR) is 101 cm³/mol. The van der Waals surface area contributed by atoms with Gasteiger partial charge in [-0.2, -0.15) is 0 Å². The fraction of sp³-hybridized carbons (Fsp3) is 0.136. The van der Waals surface area contributed by atoms with Gasteiger partial charge < -0.3 is 14.2 Å². The number of carbonyl (C=O) groups excluding carboxylic acids is 1. The van der Waals surface area contributed by atoms with E-state index in [9.17, 15) is 4.79 Å². The van der Waals surface area contributed by atoms with Gasteiger partial charge in [0.25, 0.3) is 0 Å². The summed E-state index contributed by atoms with van der Waals surface area (Å²) in [5, 5.41) is 0. The molecule has 0 amide bonds. The largest absolute Gasteiger partial charge is 0.496 e. The minimum atomic E-state index is -0.418. The molecular formula is C22H20O4. The predicted octanol–water partition coefficient (Wildman–Crippen LogP) is 4.73. The van der Waals surface area contributed by atoms with Gasteiger partial charge in [-0.1, -0.05) is 48.5 Å². The minimum absolute atomic E-state index is 0.404. The Morgan fingerprint density at radius 1 is 0.846 bits per heavy atom. The van der Waals surface area contributed by atoms with Gasteiger partial charge in [0.2, 0.25) is 0 Å². The Bertz CT molecular complexity index is 870. The van der Waals surface area contributed by atoms with Crippen molar-refractivity contribution in [3.63, 3.8) is 0 Å². The van der Waals surface area contributed by atoms with Crippen LogP contribution in [0.25, 0.3) is 11.1 Å². The van der Waals surface area contributed by atoms with Crippen molar-refractivity contribution in [1.82, 2.24) is 0 Å². The maximum atomic E-state index is 11.8. The smallest absolute Gasteiger partial charge is 0.341 e. The molecule has 3 aromatic rings. The first kappa shape index (κ1) is 17.5. The third-order valence-corrected chi connectivity index (χ3v) is 4.04. The van der Waals surface area contributed by atoms with Crippen molar-refractivity contribution in [3.05, 3.63) is 83.9 Å². The summed E-state index contributed by atoms with van der Waals surface area (Å²) < 4.78 is 15.9. The Balaban J connectivity index is 1.75. The third-order valence-electron chi connectivity index (χ3n) is 4.04. The standard InChI is InChI=1S/C22H20O4/c1-24-21-14-18(10-13-20(21)22(23)25-2)17-8-11-19(12-9-17)26-15-16-6-4-3-5-7-16/h3-14H,15H2,1-2H3. The van der Waals surface area contributed by atoms with Crippen molar-refractivity contribution in [3.8, 4) is 22.6 Å². The highest BCUT2D eigenvalue weighted by molar-refractivity contribution is 5.93. The Morgan fingerprint density at radius 3 is 2.19 bits per heavy atom. The summed E-state index contributed by atoms with van der Waals surface area (Å²) >= 11 is 0. The van der Waals surface area contributed by atoms with E-state index in [0.29, 0.717) is 17.9 Å². The average Bonchev–Trinajstić information content (AvgIpc) is 2.72. The molecular weight excluding hydrogens is 328 g/mol. The zero-order chi connectivity index (χ0) is 18.4. The van der Waals surface area contributed by atoms with E-state index in [2.05, 4.69) is 0 Å². The molecule has 0 aliphatic heterocycles. The van der Waals surface area contributed by atoms with Crippen LogP contribution in [0.1, 0.15) is 15.9 Å². The summed E-state index contributed by atoms with van der Waals surface area (Å²) in [7, 11) is 2.88. The Kier molecular flexibility index (Phi) is 5.54. The molecule has 0 atom stereocenters. The summed E-state index contributed by atoms with van der Waals surface area (Å²) in [5.41, 5.74) is 3.48. The topological polar surface area (TPSA) is 44.8 Å². The van der Waals surface area contributed by atoms with Gasteiger partial charge in [-0.3, -0.25) is 0 Å². The van der Waals surface area contributed by atoms with Crippen molar-refractivity contribution >= 4 is 5.97 Å². The highest BCUT2D eigenvalue weighted by Crippen LogP contribution is 2.29. The molecule has 0 N–H and O–H groups in total. The van der Waals surface area contributed by atoms with Crippen molar-refractivity contribution in [2.45, 2.75) is 6.61 Å². The third kappa shape index (κ3) is 4.03. The van der Waals surface area contributed by atoms with Gasteiger partial charge in [0.05, 0.1) is 14.2 Å². The van der Waals surface area contributed by atoms with Crippen LogP contribution < -0.4 is 9.47 Å². The van der Waals surface area contributed by atoms with Crippen LogP contribution >= 0.6 is 0 Å². The van der Waals surface area contributed by atoms with Crippen LogP contribution in [0.4, 0.5) is 0 Å². The van der Waals surface area contributed by atoms with Crippen LogP contribution in [0.15, 0.2) is 72.8 Å². The number of hydrogen-bond donors (Lipinski definition) is 0. The normalized spacial score (nSPS) is 10.2. The SMILES string of the molecule is COC(=O)c1ccc(-c2ccc(OCc3ccccc3)cc2)cc1OC. The van der Waals surface area contributed by atoms with Crippen LogP contribution in [0.3, 0.4) is 0 Å². The molecule has 132 valence electrons. The molecule has 26 heavy (non-hydrogen) atoms. The van der Waals surface area contributed by atoms with Crippen molar-refractivity contribution in [1.29, 1.82) is 0 Å². The average molecular weight is 348 g/mol. The van der Waals surface area contributed by atoms with E-state index in [0.717, 1.165) is 22.4 Å². The van der Waals surface area contributed by atoms with Gasteiger partial charge in [-0.25, -0.2) is 4.79 Å². The number of rotatable bonds is 6. The second kappa shape index (κ2) is 8.21. The lowest BCUT2D eigenvalue weighted by Crippen LogP contribution is -2.04. The molecule has 0 bridgehead atoms. The molecule has 4 heteroatoms. The first-order chi connectivity index (χ1) is 12.7. The van der Waals surface area contributed by atoms with Gasteiger partial charge in [0, 0.05) is 0 Å². The maximum absolute atomic E-state index is 11.8. The Labute approximate surface area is 153 Å². The molecule has 0 unspecified atom stereocenters. The second-order valence-electron chi connectivity index (χ2n) is 5.71. The van der Waals surface area contributed by atoms with Crippen LogP contribution in [-0.4, -0.2) is 20.2 Å². The number of benzene rings is 3. The first-order valence-electron chi connectivity index (χ1n) is 8.25. The zero-order valence-corrected chi connectivity index (χ0v) is 14.8. The van der Waals surface area contributed by atoms with E-state index >= 15 is 0 Å². The summed E-state index contributed by atoms with van der Waals surface area (Å²) in [6.07, 6.45) is 0.